The molecule has 0 spiro atoms. The van der Waals surface area contributed by atoms with Gasteiger partial charge in [-0.25, -0.2) is 0 Å². The molecule has 0 fully saturated rings. The van der Waals surface area contributed by atoms with E-state index in [4.69, 9.17) is 4.74 Å². The lowest BCUT2D eigenvalue weighted by Crippen LogP contribution is -2.41. The molecule has 132 valence electrons. The fourth-order valence-corrected chi connectivity index (χ4v) is 2.31. The molecule has 0 aliphatic carbocycles. The lowest BCUT2D eigenvalue weighted by atomic mass is 10.1. The van der Waals surface area contributed by atoms with E-state index in [0.29, 0.717) is 18.7 Å². The zero-order valence-electron chi connectivity index (χ0n) is 14.2. The molecule has 0 saturated heterocycles. The van der Waals surface area contributed by atoms with Gasteiger partial charge in [-0.3, -0.25) is 4.79 Å². The Kier molecular flexibility index (Phi) is 7.69. The minimum absolute atomic E-state index is 0.192. The van der Waals surface area contributed by atoms with Crippen LogP contribution in [0.15, 0.2) is 67.3 Å². The molecule has 2 aromatic carbocycles. The molecular formula is C20H24N2O3. The van der Waals surface area contributed by atoms with Crippen LogP contribution in [0.4, 0.5) is 5.69 Å². The lowest BCUT2D eigenvalue weighted by molar-refractivity contribution is 0.0675. The van der Waals surface area contributed by atoms with Gasteiger partial charge in [0.15, 0.2) is 0 Å². The molecular weight excluding hydrogens is 316 g/mol. The van der Waals surface area contributed by atoms with Gasteiger partial charge in [-0.2, -0.15) is 0 Å². The zero-order chi connectivity index (χ0) is 17.9. The third kappa shape index (κ3) is 6.06. The molecule has 5 nitrogen and oxygen atoms in total. The maximum atomic E-state index is 12.5. The minimum Gasteiger partial charge on any atom is -0.394 e. The molecule has 2 rings (SSSR count). The van der Waals surface area contributed by atoms with E-state index >= 15 is 0 Å². The summed E-state index contributed by atoms with van der Waals surface area (Å²) in [5.41, 5.74) is 2.29. The molecule has 25 heavy (non-hydrogen) atoms. The topological polar surface area (TPSA) is 70.6 Å². The van der Waals surface area contributed by atoms with Gasteiger partial charge in [0.2, 0.25) is 0 Å². The highest BCUT2D eigenvalue weighted by Crippen LogP contribution is 2.15. The van der Waals surface area contributed by atoms with Gasteiger partial charge in [0.1, 0.15) is 0 Å². The van der Waals surface area contributed by atoms with Crippen LogP contribution in [0.25, 0.3) is 0 Å². The van der Waals surface area contributed by atoms with E-state index in [1.807, 2.05) is 42.5 Å². The Morgan fingerprint density at radius 2 is 1.88 bits per heavy atom. The standard InChI is InChI=1S/C20H24N2O3/c1-2-12-21-19-11-7-6-10-18(19)20(24)22-17(13-23)15-25-14-16-8-4-3-5-9-16/h2-11,17,21,23H,1,12-15H2,(H,22,24)/t17-/m1/s1. The third-order valence-electron chi connectivity index (χ3n) is 3.59. The molecule has 3 N–H and O–H groups in total. The Bertz CT molecular complexity index is 674. The Morgan fingerprint density at radius 3 is 2.60 bits per heavy atom. The zero-order valence-corrected chi connectivity index (χ0v) is 14.2. The van der Waals surface area contributed by atoms with Crippen molar-refractivity contribution in [2.75, 3.05) is 25.1 Å². The van der Waals surface area contributed by atoms with Crippen LogP contribution in [-0.2, 0) is 11.3 Å². The van der Waals surface area contributed by atoms with Crippen molar-refractivity contribution in [3.63, 3.8) is 0 Å². The largest absolute Gasteiger partial charge is 0.394 e. The van der Waals surface area contributed by atoms with Crippen molar-refractivity contribution in [1.82, 2.24) is 5.32 Å². The second kappa shape index (κ2) is 10.3. The monoisotopic (exact) mass is 340 g/mol. The van der Waals surface area contributed by atoms with Crippen molar-refractivity contribution < 1.29 is 14.6 Å². The van der Waals surface area contributed by atoms with Crippen LogP contribution < -0.4 is 10.6 Å². The van der Waals surface area contributed by atoms with Crippen LogP contribution in [0.5, 0.6) is 0 Å². The molecule has 0 unspecified atom stereocenters. The molecule has 1 amide bonds. The molecule has 5 heteroatoms. The first-order chi connectivity index (χ1) is 12.2. The summed E-state index contributed by atoms with van der Waals surface area (Å²) in [6.45, 7) is 4.70. The van der Waals surface area contributed by atoms with E-state index in [9.17, 15) is 9.90 Å². The quantitative estimate of drug-likeness (QED) is 0.582. The van der Waals surface area contributed by atoms with E-state index in [2.05, 4.69) is 17.2 Å². The normalized spacial score (nSPS) is 11.6. The second-order valence-electron chi connectivity index (χ2n) is 5.57. The number of nitrogens with one attached hydrogen (secondary N) is 2. The fourth-order valence-electron chi connectivity index (χ4n) is 2.31. The summed E-state index contributed by atoms with van der Waals surface area (Å²) in [6.07, 6.45) is 1.72. The van der Waals surface area contributed by atoms with Crippen LogP contribution >= 0.6 is 0 Å². The first kappa shape index (κ1) is 18.7. The summed E-state index contributed by atoms with van der Waals surface area (Å²) < 4.78 is 5.60. The molecule has 1 atom stereocenters. The summed E-state index contributed by atoms with van der Waals surface area (Å²) in [7, 11) is 0. The van der Waals surface area contributed by atoms with Crippen molar-refractivity contribution in [1.29, 1.82) is 0 Å². The Hall–Kier alpha value is -2.63. The Labute approximate surface area is 148 Å². The molecule has 0 heterocycles. The van der Waals surface area contributed by atoms with Crippen LogP contribution in [0.3, 0.4) is 0 Å². The van der Waals surface area contributed by atoms with Crippen LogP contribution in [0.2, 0.25) is 0 Å². The van der Waals surface area contributed by atoms with E-state index in [-0.39, 0.29) is 19.1 Å². The number of ether oxygens (including phenoxy) is 1. The average Bonchev–Trinajstić information content (AvgIpc) is 2.66. The maximum absolute atomic E-state index is 12.5. The number of hydrogen-bond acceptors (Lipinski definition) is 4. The van der Waals surface area contributed by atoms with E-state index in [1.54, 1.807) is 18.2 Å². The number of hydrogen-bond donors (Lipinski definition) is 3. The number of carbonyl (C=O) groups excluding carboxylic acids is 1. The molecule has 0 bridgehead atoms. The number of benzene rings is 2. The van der Waals surface area contributed by atoms with Gasteiger partial charge < -0.3 is 20.5 Å². The van der Waals surface area contributed by atoms with Crippen molar-refractivity contribution in [3.05, 3.63) is 78.4 Å². The summed E-state index contributed by atoms with van der Waals surface area (Å²) >= 11 is 0. The number of amides is 1. The van der Waals surface area contributed by atoms with Gasteiger partial charge in [0.25, 0.3) is 5.91 Å². The number of aliphatic hydroxyl groups is 1. The first-order valence-corrected chi connectivity index (χ1v) is 8.21. The van der Waals surface area contributed by atoms with Gasteiger partial charge in [-0.05, 0) is 17.7 Å². The minimum atomic E-state index is -0.469. The number of aliphatic hydroxyl groups excluding tert-OH is 1. The van der Waals surface area contributed by atoms with E-state index in [1.165, 1.54) is 0 Å². The van der Waals surface area contributed by atoms with Crippen LogP contribution in [0, 0.1) is 0 Å². The number of carbonyl (C=O) groups is 1. The molecule has 0 radical (unpaired) electrons. The molecule has 0 saturated carbocycles. The predicted octanol–water partition coefficient (Wildman–Crippen LogP) is 2.59. The SMILES string of the molecule is C=CCNc1ccccc1C(=O)N[C@H](CO)COCc1ccccc1. The fraction of sp³-hybridized carbons (Fsp3) is 0.250. The smallest absolute Gasteiger partial charge is 0.253 e. The van der Waals surface area contributed by atoms with Crippen molar-refractivity contribution in [2.45, 2.75) is 12.6 Å². The molecule has 0 aliphatic heterocycles. The third-order valence-corrected chi connectivity index (χ3v) is 3.59. The summed E-state index contributed by atoms with van der Waals surface area (Å²) in [4.78, 5) is 12.5. The van der Waals surface area contributed by atoms with Gasteiger partial charge in [0, 0.05) is 12.2 Å². The van der Waals surface area contributed by atoms with Crippen LogP contribution in [0.1, 0.15) is 15.9 Å². The number of para-hydroxylation sites is 1. The summed E-state index contributed by atoms with van der Waals surface area (Å²) in [6, 6.07) is 16.5. The summed E-state index contributed by atoms with van der Waals surface area (Å²) in [5, 5.41) is 15.4. The van der Waals surface area contributed by atoms with Crippen molar-refractivity contribution >= 4 is 11.6 Å². The number of anilines is 1. The summed E-state index contributed by atoms with van der Waals surface area (Å²) in [5.74, 6) is -0.255. The van der Waals surface area contributed by atoms with E-state index in [0.717, 1.165) is 11.3 Å². The highest BCUT2D eigenvalue weighted by molar-refractivity contribution is 5.99. The highest BCUT2D eigenvalue weighted by Gasteiger charge is 2.15. The molecule has 0 aromatic heterocycles. The van der Waals surface area contributed by atoms with Gasteiger partial charge in [-0.15, -0.1) is 6.58 Å². The van der Waals surface area contributed by atoms with E-state index < -0.39 is 6.04 Å². The predicted molar refractivity (Wildman–Crippen MR) is 99.6 cm³/mol. The van der Waals surface area contributed by atoms with Crippen LogP contribution in [-0.4, -0.2) is 36.8 Å². The Balaban J connectivity index is 1.90. The second-order valence-corrected chi connectivity index (χ2v) is 5.57. The highest BCUT2D eigenvalue weighted by atomic mass is 16.5. The molecule has 2 aromatic rings. The van der Waals surface area contributed by atoms with Gasteiger partial charge in [-0.1, -0.05) is 48.5 Å². The number of rotatable bonds is 10. The average molecular weight is 340 g/mol. The van der Waals surface area contributed by atoms with Gasteiger partial charge in [0.05, 0.1) is 31.4 Å². The lowest BCUT2D eigenvalue weighted by Gasteiger charge is -2.18. The maximum Gasteiger partial charge on any atom is 0.253 e. The van der Waals surface area contributed by atoms with Gasteiger partial charge >= 0.3 is 0 Å². The Morgan fingerprint density at radius 1 is 1.16 bits per heavy atom. The molecule has 0 aliphatic rings. The van der Waals surface area contributed by atoms with Crippen molar-refractivity contribution in [2.24, 2.45) is 0 Å². The van der Waals surface area contributed by atoms with Crippen molar-refractivity contribution in [3.8, 4) is 0 Å². The first-order valence-electron chi connectivity index (χ1n) is 8.21.